The summed E-state index contributed by atoms with van der Waals surface area (Å²) in [6.07, 6.45) is 4.39. The van der Waals surface area contributed by atoms with E-state index >= 15 is 0 Å². The highest BCUT2D eigenvalue weighted by Crippen LogP contribution is 2.39. The zero-order chi connectivity index (χ0) is 14.8. The molecule has 2 aromatic rings. The second-order valence-corrected chi connectivity index (χ2v) is 5.94. The molecule has 2 nitrogen and oxygen atoms in total. The lowest BCUT2D eigenvalue weighted by Crippen LogP contribution is -1.89. The maximum Gasteiger partial charge on any atom is 0.123 e. The third kappa shape index (κ3) is 2.84. The summed E-state index contributed by atoms with van der Waals surface area (Å²) in [6.45, 7) is 0. The van der Waals surface area contributed by atoms with Crippen LogP contribution in [0.25, 0.3) is 11.6 Å². The van der Waals surface area contributed by atoms with Crippen molar-refractivity contribution >= 4 is 27.6 Å². The highest BCUT2D eigenvalue weighted by Gasteiger charge is 2.18. The molecule has 0 saturated carbocycles. The topological polar surface area (TPSA) is 18.5 Å². The monoisotopic (exact) mass is 344 g/mol. The normalized spacial score (nSPS) is 15.1. The van der Waals surface area contributed by atoms with Crippen molar-refractivity contribution in [1.82, 2.24) is 0 Å². The van der Waals surface area contributed by atoms with Crippen LogP contribution >= 0.6 is 15.9 Å². The minimum Gasteiger partial charge on any atom is -0.497 e. The van der Waals surface area contributed by atoms with Gasteiger partial charge in [-0.1, -0.05) is 34.1 Å². The molecule has 0 bridgehead atoms. The molecule has 0 aromatic heterocycles. The van der Waals surface area contributed by atoms with Crippen LogP contribution in [0.5, 0.6) is 11.5 Å². The van der Waals surface area contributed by atoms with Crippen LogP contribution in [0, 0.1) is 0 Å². The molecule has 0 amide bonds. The Kier molecular flexibility index (Phi) is 4.02. The van der Waals surface area contributed by atoms with Crippen LogP contribution in [0.2, 0.25) is 0 Å². The Morgan fingerprint density at radius 2 is 1.71 bits per heavy atom. The zero-order valence-corrected chi connectivity index (χ0v) is 13.7. The van der Waals surface area contributed by atoms with Crippen LogP contribution < -0.4 is 9.47 Å². The average molecular weight is 345 g/mol. The van der Waals surface area contributed by atoms with E-state index in [-0.39, 0.29) is 0 Å². The first kappa shape index (κ1) is 14.2. The number of fused-ring (bicyclic) bond motifs is 1. The van der Waals surface area contributed by atoms with Crippen molar-refractivity contribution in [2.45, 2.75) is 12.8 Å². The van der Waals surface area contributed by atoms with Crippen LogP contribution in [-0.2, 0) is 6.42 Å². The SMILES string of the molecule is COc1cc(C=C2CCc3cccc(Br)c32)cc(OC)c1. The number of allylic oxidation sites excluding steroid dienone is 1. The van der Waals surface area contributed by atoms with Crippen molar-refractivity contribution in [3.8, 4) is 11.5 Å². The third-order valence-corrected chi connectivity index (χ3v) is 4.46. The van der Waals surface area contributed by atoms with Crippen molar-refractivity contribution < 1.29 is 9.47 Å². The average Bonchev–Trinajstić information content (AvgIpc) is 2.91. The number of ether oxygens (including phenoxy) is 2. The van der Waals surface area contributed by atoms with Gasteiger partial charge in [-0.25, -0.2) is 0 Å². The van der Waals surface area contributed by atoms with E-state index in [9.17, 15) is 0 Å². The smallest absolute Gasteiger partial charge is 0.123 e. The van der Waals surface area contributed by atoms with Gasteiger partial charge in [-0.05, 0) is 53.3 Å². The van der Waals surface area contributed by atoms with Crippen LogP contribution in [0.4, 0.5) is 0 Å². The fourth-order valence-electron chi connectivity index (χ4n) is 2.79. The Labute approximate surface area is 133 Å². The summed E-state index contributed by atoms with van der Waals surface area (Å²) in [7, 11) is 3.35. The maximum atomic E-state index is 5.34. The summed E-state index contributed by atoms with van der Waals surface area (Å²) in [5.41, 5.74) is 5.20. The van der Waals surface area contributed by atoms with Crippen molar-refractivity contribution in [2.24, 2.45) is 0 Å². The lowest BCUT2D eigenvalue weighted by atomic mass is 10.0. The van der Waals surface area contributed by atoms with Gasteiger partial charge in [0.2, 0.25) is 0 Å². The molecule has 0 N–H and O–H groups in total. The number of halogens is 1. The summed E-state index contributed by atoms with van der Waals surface area (Å²) in [5.74, 6) is 1.62. The van der Waals surface area contributed by atoms with Gasteiger partial charge in [0, 0.05) is 10.5 Å². The largest absolute Gasteiger partial charge is 0.497 e. The van der Waals surface area contributed by atoms with Gasteiger partial charge in [-0.3, -0.25) is 0 Å². The Bertz CT molecular complexity index is 682. The van der Waals surface area contributed by atoms with Crippen LogP contribution in [-0.4, -0.2) is 14.2 Å². The van der Waals surface area contributed by atoms with Gasteiger partial charge in [0.15, 0.2) is 0 Å². The number of benzene rings is 2. The number of hydrogen-bond donors (Lipinski definition) is 0. The molecule has 0 fully saturated rings. The molecule has 21 heavy (non-hydrogen) atoms. The van der Waals surface area contributed by atoms with E-state index in [1.54, 1.807) is 14.2 Å². The van der Waals surface area contributed by atoms with Gasteiger partial charge >= 0.3 is 0 Å². The van der Waals surface area contributed by atoms with Crippen molar-refractivity contribution in [3.05, 3.63) is 57.6 Å². The standard InChI is InChI=1S/C18H17BrO2/c1-20-15-9-12(10-16(11-15)21-2)8-14-7-6-13-4-3-5-17(19)18(13)14/h3-5,8-11H,6-7H2,1-2H3. The van der Waals surface area contributed by atoms with Gasteiger partial charge in [0.1, 0.15) is 11.5 Å². The van der Waals surface area contributed by atoms with E-state index in [1.165, 1.54) is 21.2 Å². The minimum atomic E-state index is 0.812. The van der Waals surface area contributed by atoms with Crippen LogP contribution in [0.1, 0.15) is 23.1 Å². The number of rotatable bonds is 3. The number of hydrogen-bond acceptors (Lipinski definition) is 2. The van der Waals surface area contributed by atoms with E-state index < -0.39 is 0 Å². The molecule has 0 radical (unpaired) electrons. The molecule has 0 unspecified atom stereocenters. The van der Waals surface area contributed by atoms with Gasteiger partial charge in [-0.2, -0.15) is 0 Å². The second-order valence-electron chi connectivity index (χ2n) is 5.09. The molecule has 0 spiro atoms. The molecular weight excluding hydrogens is 328 g/mol. The van der Waals surface area contributed by atoms with Gasteiger partial charge < -0.3 is 9.47 Å². The minimum absolute atomic E-state index is 0.812. The van der Waals surface area contributed by atoms with Gasteiger partial charge in [0.05, 0.1) is 14.2 Å². The Morgan fingerprint density at radius 3 is 2.38 bits per heavy atom. The Balaban J connectivity index is 2.05. The van der Waals surface area contributed by atoms with Gasteiger partial charge in [-0.15, -0.1) is 0 Å². The predicted octanol–water partition coefficient (Wildman–Crippen LogP) is 4.95. The lowest BCUT2D eigenvalue weighted by molar-refractivity contribution is 0.394. The molecule has 3 heteroatoms. The first-order valence-electron chi connectivity index (χ1n) is 6.92. The Morgan fingerprint density at radius 1 is 1.00 bits per heavy atom. The summed E-state index contributed by atoms with van der Waals surface area (Å²) in [5, 5.41) is 0. The van der Waals surface area contributed by atoms with E-state index in [4.69, 9.17) is 9.47 Å². The van der Waals surface area contributed by atoms with Crippen molar-refractivity contribution in [2.75, 3.05) is 14.2 Å². The van der Waals surface area contributed by atoms with E-state index in [0.29, 0.717) is 0 Å². The Hall–Kier alpha value is -1.74. The quantitative estimate of drug-likeness (QED) is 0.783. The lowest BCUT2D eigenvalue weighted by Gasteiger charge is -2.08. The predicted molar refractivity (Wildman–Crippen MR) is 89.9 cm³/mol. The molecule has 3 rings (SSSR count). The molecule has 0 atom stereocenters. The first-order valence-corrected chi connectivity index (χ1v) is 7.72. The summed E-state index contributed by atoms with van der Waals surface area (Å²) in [4.78, 5) is 0. The summed E-state index contributed by atoms with van der Waals surface area (Å²) >= 11 is 3.67. The molecule has 0 saturated heterocycles. The molecular formula is C18H17BrO2. The maximum absolute atomic E-state index is 5.34. The molecule has 0 aliphatic heterocycles. The highest BCUT2D eigenvalue weighted by molar-refractivity contribution is 9.10. The van der Waals surface area contributed by atoms with Crippen molar-refractivity contribution in [3.63, 3.8) is 0 Å². The van der Waals surface area contributed by atoms with Crippen LogP contribution in [0.3, 0.4) is 0 Å². The summed E-state index contributed by atoms with van der Waals surface area (Å²) in [6, 6.07) is 12.4. The van der Waals surface area contributed by atoms with Crippen molar-refractivity contribution in [1.29, 1.82) is 0 Å². The third-order valence-electron chi connectivity index (χ3n) is 3.80. The number of methoxy groups -OCH3 is 2. The fourth-order valence-corrected chi connectivity index (χ4v) is 3.45. The zero-order valence-electron chi connectivity index (χ0n) is 12.2. The highest BCUT2D eigenvalue weighted by atomic mass is 79.9. The molecule has 2 aromatic carbocycles. The molecule has 1 aliphatic rings. The van der Waals surface area contributed by atoms with E-state index in [1.807, 2.05) is 18.2 Å². The van der Waals surface area contributed by atoms with E-state index in [2.05, 4.69) is 40.2 Å². The first-order chi connectivity index (χ1) is 10.2. The number of aryl methyl sites for hydroxylation is 1. The fraction of sp³-hybridized carbons (Fsp3) is 0.222. The molecule has 0 heterocycles. The molecule has 1 aliphatic carbocycles. The second kappa shape index (κ2) is 5.94. The molecule has 108 valence electrons. The van der Waals surface area contributed by atoms with Crippen LogP contribution in [0.15, 0.2) is 40.9 Å². The summed E-state index contributed by atoms with van der Waals surface area (Å²) < 4.78 is 11.8. The van der Waals surface area contributed by atoms with Gasteiger partial charge in [0.25, 0.3) is 0 Å². The van der Waals surface area contributed by atoms with E-state index in [0.717, 1.165) is 29.9 Å².